The van der Waals surface area contributed by atoms with E-state index >= 15 is 0 Å². The minimum Gasteiger partial charge on any atom is -0.326 e. The lowest BCUT2D eigenvalue weighted by molar-refractivity contribution is 0.830. The van der Waals surface area contributed by atoms with Crippen LogP contribution in [0.25, 0.3) is 21.8 Å². The van der Waals surface area contributed by atoms with Crippen molar-refractivity contribution in [3.63, 3.8) is 0 Å². The molecule has 0 aliphatic carbocycles. The van der Waals surface area contributed by atoms with Crippen molar-refractivity contribution in [3.05, 3.63) is 77.6 Å². The molecule has 2 heteroatoms. The summed E-state index contributed by atoms with van der Waals surface area (Å²) in [7, 11) is 0. The highest BCUT2D eigenvalue weighted by Gasteiger charge is 2.07. The standard InChI is InChI=1S/C20H18N2/c1-14-10-19-20(11-15(14)2)22(13-21-19)12-17-8-5-7-16-6-3-4-9-18(16)17/h3-11,13H,12H2,1-2H3. The van der Waals surface area contributed by atoms with Gasteiger partial charge in [-0.1, -0.05) is 42.5 Å². The van der Waals surface area contributed by atoms with Crippen LogP contribution in [-0.2, 0) is 6.54 Å². The fourth-order valence-corrected chi connectivity index (χ4v) is 3.05. The van der Waals surface area contributed by atoms with Crippen LogP contribution in [0.4, 0.5) is 0 Å². The molecule has 108 valence electrons. The second-order valence-electron chi connectivity index (χ2n) is 5.94. The summed E-state index contributed by atoms with van der Waals surface area (Å²) in [5.41, 5.74) is 6.21. The van der Waals surface area contributed by atoms with E-state index in [1.165, 1.54) is 33.0 Å². The first-order valence-corrected chi connectivity index (χ1v) is 7.61. The molecule has 0 aliphatic rings. The zero-order chi connectivity index (χ0) is 15.1. The van der Waals surface area contributed by atoms with E-state index in [1.54, 1.807) is 0 Å². The summed E-state index contributed by atoms with van der Waals surface area (Å²) < 4.78 is 2.24. The van der Waals surface area contributed by atoms with Crippen molar-refractivity contribution in [2.24, 2.45) is 0 Å². The number of nitrogens with zero attached hydrogens (tertiary/aromatic N) is 2. The van der Waals surface area contributed by atoms with Crippen molar-refractivity contribution in [3.8, 4) is 0 Å². The third kappa shape index (κ3) is 2.08. The highest BCUT2D eigenvalue weighted by molar-refractivity contribution is 5.86. The Balaban J connectivity index is 1.84. The van der Waals surface area contributed by atoms with E-state index in [0.717, 1.165) is 12.1 Å². The fourth-order valence-electron chi connectivity index (χ4n) is 3.05. The second-order valence-corrected chi connectivity index (χ2v) is 5.94. The minimum atomic E-state index is 0.848. The molecule has 1 aromatic heterocycles. The summed E-state index contributed by atoms with van der Waals surface area (Å²) in [4.78, 5) is 4.56. The number of aryl methyl sites for hydroxylation is 2. The van der Waals surface area contributed by atoms with Crippen LogP contribution in [0, 0.1) is 13.8 Å². The molecular weight excluding hydrogens is 268 g/mol. The molecule has 1 heterocycles. The summed E-state index contributed by atoms with van der Waals surface area (Å²) in [6, 6.07) is 19.5. The van der Waals surface area contributed by atoms with Gasteiger partial charge in [-0.2, -0.15) is 0 Å². The molecular formula is C20H18N2. The quantitative estimate of drug-likeness (QED) is 0.515. The molecule has 3 aromatic carbocycles. The largest absolute Gasteiger partial charge is 0.326 e. The lowest BCUT2D eigenvalue weighted by Crippen LogP contribution is -1.99. The topological polar surface area (TPSA) is 17.8 Å². The monoisotopic (exact) mass is 286 g/mol. The summed E-state index contributed by atoms with van der Waals surface area (Å²) >= 11 is 0. The highest BCUT2D eigenvalue weighted by atomic mass is 15.0. The van der Waals surface area contributed by atoms with Gasteiger partial charge in [0.15, 0.2) is 0 Å². The molecule has 0 fully saturated rings. The van der Waals surface area contributed by atoms with Gasteiger partial charge in [0.05, 0.1) is 17.4 Å². The zero-order valence-corrected chi connectivity index (χ0v) is 12.9. The number of rotatable bonds is 2. The number of hydrogen-bond donors (Lipinski definition) is 0. The Morgan fingerprint density at radius 1 is 0.909 bits per heavy atom. The number of fused-ring (bicyclic) bond motifs is 2. The third-order valence-corrected chi connectivity index (χ3v) is 4.46. The lowest BCUT2D eigenvalue weighted by atomic mass is 10.0. The van der Waals surface area contributed by atoms with Gasteiger partial charge in [-0.3, -0.25) is 0 Å². The predicted molar refractivity (Wildman–Crippen MR) is 92.3 cm³/mol. The van der Waals surface area contributed by atoms with Gasteiger partial charge >= 0.3 is 0 Å². The van der Waals surface area contributed by atoms with Crippen LogP contribution in [0.5, 0.6) is 0 Å². The van der Waals surface area contributed by atoms with E-state index < -0.39 is 0 Å². The molecule has 0 aliphatic heterocycles. The number of imidazole rings is 1. The van der Waals surface area contributed by atoms with Crippen molar-refractivity contribution in [2.75, 3.05) is 0 Å². The van der Waals surface area contributed by atoms with Crippen molar-refractivity contribution >= 4 is 21.8 Å². The molecule has 0 bridgehead atoms. The van der Waals surface area contributed by atoms with E-state index in [-0.39, 0.29) is 0 Å². The van der Waals surface area contributed by atoms with Gasteiger partial charge in [0.2, 0.25) is 0 Å². The van der Waals surface area contributed by atoms with Crippen molar-refractivity contribution in [1.82, 2.24) is 9.55 Å². The number of aromatic nitrogens is 2. The molecule has 0 saturated heterocycles. The van der Waals surface area contributed by atoms with Gasteiger partial charge in [-0.15, -0.1) is 0 Å². The summed E-state index contributed by atoms with van der Waals surface area (Å²) in [5.74, 6) is 0. The first-order chi connectivity index (χ1) is 10.7. The number of hydrogen-bond acceptors (Lipinski definition) is 1. The van der Waals surface area contributed by atoms with Crippen molar-refractivity contribution in [2.45, 2.75) is 20.4 Å². The molecule has 4 aromatic rings. The van der Waals surface area contributed by atoms with Crippen LogP contribution >= 0.6 is 0 Å². The van der Waals surface area contributed by atoms with Crippen LogP contribution in [0.1, 0.15) is 16.7 Å². The van der Waals surface area contributed by atoms with Crippen LogP contribution in [-0.4, -0.2) is 9.55 Å². The maximum absolute atomic E-state index is 4.56. The predicted octanol–water partition coefficient (Wildman–Crippen LogP) is 4.85. The van der Waals surface area contributed by atoms with Crippen molar-refractivity contribution in [1.29, 1.82) is 0 Å². The van der Waals surface area contributed by atoms with Crippen LogP contribution in [0.3, 0.4) is 0 Å². The first-order valence-electron chi connectivity index (χ1n) is 7.61. The van der Waals surface area contributed by atoms with E-state index in [1.807, 2.05) is 6.33 Å². The van der Waals surface area contributed by atoms with E-state index in [9.17, 15) is 0 Å². The Morgan fingerprint density at radius 3 is 2.59 bits per heavy atom. The van der Waals surface area contributed by atoms with Crippen LogP contribution in [0.15, 0.2) is 60.9 Å². The van der Waals surface area contributed by atoms with E-state index in [2.05, 4.69) is 78.0 Å². The molecule has 0 N–H and O–H groups in total. The van der Waals surface area contributed by atoms with Crippen LogP contribution < -0.4 is 0 Å². The SMILES string of the molecule is Cc1cc2ncn(Cc3cccc4ccccc34)c2cc1C. The molecule has 0 atom stereocenters. The van der Waals surface area contributed by atoms with Gasteiger partial charge in [0.25, 0.3) is 0 Å². The van der Waals surface area contributed by atoms with Gasteiger partial charge in [-0.25, -0.2) is 4.98 Å². The highest BCUT2D eigenvalue weighted by Crippen LogP contribution is 2.23. The molecule has 2 nitrogen and oxygen atoms in total. The molecule has 0 spiro atoms. The van der Waals surface area contributed by atoms with E-state index in [0.29, 0.717) is 0 Å². The van der Waals surface area contributed by atoms with Gasteiger partial charge in [-0.05, 0) is 53.4 Å². The molecule has 4 rings (SSSR count). The molecule has 22 heavy (non-hydrogen) atoms. The Kier molecular flexibility index (Phi) is 2.97. The van der Waals surface area contributed by atoms with E-state index in [4.69, 9.17) is 0 Å². The molecule has 0 amide bonds. The Morgan fingerprint density at radius 2 is 1.68 bits per heavy atom. The maximum atomic E-state index is 4.56. The third-order valence-electron chi connectivity index (χ3n) is 4.46. The van der Waals surface area contributed by atoms with Gasteiger partial charge in [0.1, 0.15) is 0 Å². The zero-order valence-electron chi connectivity index (χ0n) is 12.9. The van der Waals surface area contributed by atoms with Crippen LogP contribution in [0.2, 0.25) is 0 Å². The minimum absolute atomic E-state index is 0.848. The average molecular weight is 286 g/mol. The lowest BCUT2D eigenvalue weighted by Gasteiger charge is -2.09. The normalized spacial score (nSPS) is 11.4. The summed E-state index contributed by atoms with van der Waals surface area (Å²) in [5, 5.41) is 2.60. The molecule has 0 unspecified atom stereocenters. The Bertz CT molecular complexity index is 974. The Labute approximate surface area is 130 Å². The summed E-state index contributed by atoms with van der Waals surface area (Å²) in [6.07, 6.45) is 1.95. The molecule has 0 radical (unpaired) electrons. The summed E-state index contributed by atoms with van der Waals surface area (Å²) in [6.45, 7) is 5.14. The smallest absolute Gasteiger partial charge is 0.0961 e. The Hall–Kier alpha value is -2.61. The van der Waals surface area contributed by atoms with Crippen molar-refractivity contribution < 1.29 is 0 Å². The fraction of sp³-hybridized carbons (Fsp3) is 0.150. The van der Waals surface area contributed by atoms with Gasteiger partial charge < -0.3 is 4.57 Å². The van der Waals surface area contributed by atoms with Gasteiger partial charge in [0, 0.05) is 6.54 Å². The second kappa shape index (κ2) is 4.99. The molecule has 0 saturated carbocycles. The average Bonchev–Trinajstić information content (AvgIpc) is 2.90. The number of benzene rings is 3. The maximum Gasteiger partial charge on any atom is 0.0961 e. The first kappa shape index (κ1) is 13.1.